The maximum absolute atomic E-state index is 5.68. The van der Waals surface area contributed by atoms with Crippen LogP contribution in [0.25, 0.3) is 0 Å². The molecular weight excluding hydrogens is 176 g/mol. The van der Waals surface area contributed by atoms with Gasteiger partial charge in [-0.3, -0.25) is 4.68 Å². The van der Waals surface area contributed by atoms with Crippen LogP contribution in [0.2, 0.25) is 0 Å². The van der Waals surface area contributed by atoms with Crippen LogP contribution in [0.1, 0.15) is 44.6 Å². The fourth-order valence-corrected chi connectivity index (χ4v) is 2.13. The van der Waals surface area contributed by atoms with Gasteiger partial charge in [0.2, 0.25) is 0 Å². The molecule has 3 heteroatoms. The molecule has 0 unspecified atom stereocenters. The Bertz CT molecular complexity index is 311. The van der Waals surface area contributed by atoms with Gasteiger partial charge in [-0.1, -0.05) is 12.8 Å². The summed E-state index contributed by atoms with van der Waals surface area (Å²) in [4.78, 5) is 0. The molecule has 3 rings (SSSR count). The fourth-order valence-electron chi connectivity index (χ4n) is 2.13. The van der Waals surface area contributed by atoms with Crippen LogP contribution in [-0.2, 0) is 0 Å². The maximum atomic E-state index is 5.68. The average molecular weight is 192 g/mol. The highest BCUT2D eigenvalue weighted by Crippen LogP contribution is 2.31. The molecule has 0 atom stereocenters. The first kappa shape index (κ1) is 8.33. The Kier molecular flexibility index (Phi) is 1.96. The van der Waals surface area contributed by atoms with E-state index in [2.05, 4.69) is 16.0 Å². The van der Waals surface area contributed by atoms with E-state index in [4.69, 9.17) is 4.74 Å². The number of ether oxygens (including phenoxy) is 1. The van der Waals surface area contributed by atoms with Gasteiger partial charge < -0.3 is 4.74 Å². The highest BCUT2D eigenvalue weighted by atomic mass is 16.5. The minimum atomic E-state index is 0.483. The maximum Gasteiger partial charge on any atom is 0.157 e. The van der Waals surface area contributed by atoms with Crippen molar-refractivity contribution in [3.05, 3.63) is 12.4 Å². The van der Waals surface area contributed by atoms with Gasteiger partial charge in [-0.2, -0.15) is 5.10 Å². The summed E-state index contributed by atoms with van der Waals surface area (Å²) in [5.41, 5.74) is 0. The molecule has 76 valence electrons. The molecule has 0 aliphatic heterocycles. The second kappa shape index (κ2) is 3.30. The van der Waals surface area contributed by atoms with Gasteiger partial charge in [-0.25, -0.2) is 0 Å². The minimum absolute atomic E-state index is 0.483. The lowest BCUT2D eigenvalue weighted by atomic mass is 10.3. The van der Waals surface area contributed by atoms with Gasteiger partial charge in [-0.15, -0.1) is 0 Å². The van der Waals surface area contributed by atoms with E-state index in [-0.39, 0.29) is 0 Å². The molecule has 1 aromatic rings. The molecule has 3 nitrogen and oxygen atoms in total. The van der Waals surface area contributed by atoms with Gasteiger partial charge >= 0.3 is 0 Å². The number of aromatic nitrogens is 2. The van der Waals surface area contributed by atoms with E-state index >= 15 is 0 Å². The molecule has 0 N–H and O–H groups in total. The summed E-state index contributed by atoms with van der Waals surface area (Å²) in [6.07, 6.45) is 12.1. The predicted octanol–water partition coefficient (Wildman–Crippen LogP) is 2.54. The quantitative estimate of drug-likeness (QED) is 0.735. The summed E-state index contributed by atoms with van der Waals surface area (Å²) in [7, 11) is 0. The van der Waals surface area contributed by atoms with Crippen LogP contribution >= 0.6 is 0 Å². The minimum Gasteiger partial charge on any atom is -0.487 e. The highest BCUT2D eigenvalue weighted by Gasteiger charge is 2.24. The van der Waals surface area contributed by atoms with Crippen molar-refractivity contribution >= 4 is 0 Å². The van der Waals surface area contributed by atoms with Crippen LogP contribution in [0.15, 0.2) is 12.4 Å². The van der Waals surface area contributed by atoms with E-state index in [0.717, 1.165) is 5.75 Å². The van der Waals surface area contributed by atoms with Crippen LogP contribution in [0.4, 0.5) is 0 Å². The molecule has 0 saturated heterocycles. The van der Waals surface area contributed by atoms with Crippen molar-refractivity contribution in [3.8, 4) is 5.75 Å². The second-order valence-corrected chi connectivity index (χ2v) is 4.41. The van der Waals surface area contributed by atoms with Crippen molar-refractivity contribution < 1.29 is 4.74 Å². The molecule has 0 spiro atoms. The lowest BCUT2D eigenvalue weighted by Crippen LogP contribution is -2.04. The Morgan fingerprint density at radius 3 is 2.71 bits per heavy atom. The summed E-state index contributed by atoms with van der Waals surface area (Å²) >= 11 is 0. The van der Waals surface area contributed by atoms with E-state index in [1.807, 2.05) is 6.20 Å². The third-order valence-corrected chi connectivity index (χ3v) is 3.10. The molecule has 2 fully saturated rings. The fraction of sp³-hybridized carbons (Fsp3) is 0.727. The predicted molar refractivity (Wildman–Crippen MR) is 53.4 cm³/mol. The van der Waals surface area contributed by atoms with E-state index in [0.29, 0.717) is 12.1 Å². The Balaban J connectivity index is 1.68. The van der Waals surface area contributed by atoms with E-state index in [1.54, 1.807) is 0 Å². The second-order valence-electron chi connectivity index (χ2n) is 4.41. The van der Waals surface area contributed by atoms with Gasteiger partial charge in [0, 0.05) is 0 Å². The topological polar surface area (TPSA) is 27.1 Å². The zero-order valence-corrected chi connectivity index (χ0v) is 8.35. The van der Waals surface area contributed by atoms with Gasteiger partial charge in [0.25, 0.3) is 0 Å². The van der Waals surface area contributed by atoms with E-state index < -0.39 is 0 Å². The molecular formula is C11H16N2O. The van der Waals surface area contributed by atoms with Gasteiger partial charge in [0.15, 0.2) is 5.75 Å². The molecule has 0 amide bonds. The Hall–Kier alpha value is -0.990. The summed E-state index contributed by atoms with van der Waals surface area (Å²) in [5, 5.41) is 4.37. The smallest absolute Gasteiger partial charge is 0.157 e. The number of hydrogen-bond acceptors (Lipinski definition) is 2. The molecule has 0 bridgehead atoms. The largest absolute Gasteiger partial charge is 0.487 e. The molecule has 1 heterocycles. The summed E-state index contributed by atoms with van der Waals surface area (Å²) in [6, 6.07) is 0.631. The number of hydrogen-bond donors (Lipinski definition) is 0. The molecule has 1 aromatic heterocycles. The van der Waals surface area contributed by atoms with Crippen molar-refractivity contribution in [2.45, 2.75) is 50.7 Å². The van der Waals surface area contributed by atoms with Gasteiger partial charge in [0.05, 0.1) is 24.5 Å². The average Bonchev–Trinajstić information content (AvgIpc) is 2.71. The highest BCUT2D eigenvalue weighted by molar-refractivity contribution is 5.13. The Morgan fingerprint density at radius 2 is 2.00 bits per heavy atom. The monoisotopic (exact) mass is 192 g/mol. The normalized spacial score (nSPS) is 22.9. The van der Waals surface area contributed by atoms with Crippen LogP contribution in [-0.4, -0.2) is 15.9 Å². The Morgan fingerprint density at radius 1 is 1.21 bits per heavy atom. The van der Waals surface area contributed by atoms with E-state index in [1.165, 1.54) is 38.5 Å². The first-order valence-electron chi connectivity index (χ1n) is 5.62. The first-order chi connectivity index (χ1) is 6.92. The molecule has 2 aliphatic carbocycles. The number of rotatable bonds is 3. The lowest BCUT2D eigenvalue weighted by molar-refractivity contribution is 0.302. The van der Waals surface area contributed by atoms with Crippen molar-refractivity contribution in [3.63, 3.8) is 0 Å². The third-order valence-electron chi connectivity index (χ3n) is 3.10. The van der Waals surface area contributed by atoms with Crippen molar-refractivity contribution in [1.29, 1.82) is 0 Å². The molecule has 2 saturated carbocycles. The summed E-state index contributed by atoms with van der Waals surface area (Å²) in [6.45, 7) is 0. The first-order valence-corrected chi connectivity index (χ1v) is 5.62. The van der Waals surface area contributed by atoms with Crippen molar-refractivity contribution in [2.75, 3.05) is 0 Å². The van der Waals surface area contributed by atoms with Crippen LogP contribution in [0.5, 0.6) is 5.75 Å². The molecule has 0 aromatic carbocycles. The van der Waals surface area contributed by atoms with Gasteiger partial charge in [-0.05, 0) is 25.7 Å². The van der Waals surface area contributed by atoms with Crippen molar-refractivity contribution in [1.82, 2.24) is 9.78 Å². The standard InChI is InChI=1S/C11H16N2O/c1-2-4-9(3-1)13-8-11(7-12-13)14-10-5-6-10/h7-10H,1-6H2. The summed E-state index contributed by atoms with van der Waals surface area (Å²) in [5.74, 6) is 0.958. The van der Waals surface area contributed by atoms with Crippen molar-refractivity contribution in [2.24, 2.45) is 0 Å². The zero-order valence-electron chi connectivity index (χ0n) is 8.35. The SMILES string of the molecule is c1nn(C2CCCC2)cc1OC1CC1. The third kappa shape index (κ3) is 1.63. The summed E-state index contributed by atoms with van der Waals surface area (Å²) < 4.78 is 7.77. The number of nitrogens with zero attached hydrogens (tertiary/aromatic N) is 2. The van der Waals surface area contributed by atoms with E-state index in [9.17, 15) is 0 Å². The van der Waals surface area contributed by atoms with Crippen LogP contribution in [0, 0.1) is 0 Å². The lowest BCUT2D eigenvalue weighted by Gasteiger charge is -2.08. The molecule has 14 heavy (non-hydrogen) atoms. The zero-order chi connectivity index (χ0) is 9.38. The molecule has 0 radical (unpaired) electrons. The molecule has 2 aliphatic rings. The van der Waals surface area contributed by atoms with Crippen LogP contribution < -0.4 is 4.74 Å². The van der Waals surface area contributed by atoms with Gasteiger partial charge in [0.1, 0.15) is 0 Å². The van der Waals surface area contributed by atoms with Crippen LogP contribution in [0.3, 0.4) is 0 Å². The Labute approximate surface area is 84.1 Å².